The van der Waals surface area contributed by atoms with E-state index < -0.39 is 0 Å². The summed E-state index contributed by atoms with van der Waals surface area (Å²) in [5, 5.41) is 0. The van der Waals surface area contributed by atoms with Crippen molar-refractivity contribution in [3.63, 3.8) is 0 Å². The molecule has 1 fully saturated rings. The fourth-order valence-corrected chi connectivity index (χ4v) is 2.82. The fourth-order valence-electron chi connectivity index (χ4n) is 2.64. The Labute approximate surface area is 115 Å². The Balaban J connectivity index is 2.19. The van der Waals surface area contributed by atoms with E-state index >= 15 is 0 Å². The molecule has 1 saturated carbocycles. The summed E-state index contributed by atoms with van der Waals surface area (Å²) < 4.78 is 0. The number of hydrogen-bond donors (Lipinski definition) is 0. The van der Waals surface area contributed by atoms with Gasteiger partial charge in [-0.05, 0) is 26.7 Å². The molecule has 0 aliphatic heterocycles. The molecule has 0 N–H and O–H groups in total. The van der Waals surface area contributed by atoms with Crippen molar-refractivity contribution in [3.05, 3.63) is 17.6 Å². The number of aromatic nitrogens is 2. The van der Waals surface area contributed by atoms with E-state index in [1.807, 2.05) is 20.0 Å². The van der Waals surface area contributed by atoms with Gasteiger partial charge in [0, 0.05) is 18.5 Å². The molecule has 0 spiro atoms. The molecule has 0 amide bonds. The van der Waals surface area contributed by atoms with Crippen LogP contribution in [0.5, 0.6) is 0 Å². The Morgan fingerprint density at radius 1 is 1.22 bits per heavy atom. The quantitative estimate of drug-likeness (QED) is 0.782. The number of nitrogens with zero attached hydrogens (tertiary/aromatic N) is 3. The van der Waals surface area contributed by atoms with Crippen LogP contribution in [0.4, 0.5) is 5.82 Å². The molecule has 1 aromatic heterocycles. The zero-order valence-electron chi connectivity index (χ0n) is 11.3. The van der Waals surface area contributed by atoms with Crippen molar-refractivity contribution in [1.29, 1.82) is 0 Å². The molecular formula is C14H22ClN3. The van der Waals surface area contributed by atoms with Crippen LogP contribution in [-0.4, -0.2) is 28.4 Å². The lowest BCUT2D eigenvalue weighted by Gasteiger charge is -2.34. The van der Waals surface area contributed by atoms with Gasteiger partial charge >= 0.3 is 0 Å². The molecule has 0 unspecified atom stereocenters. The second kappa shape index (κ2) is 6.37. The van der Waals surface area contributed by atoms with Crippen LogP contribution in [0.1, 0.15) is 43.5 Å². The summed E-state index contributed by atoms with van der Waals surface area (Å²) >= 11 is 5.95. The number of hydrogen-bond acceptors (Lipinski definition) is 3. The van der Waals surface area contributed by atoms with Gasteiger partial charge in [0.1, 0.15) is 5.82 Å². The van der Waals surface area contributed by atoms with E-state index in [-0.39, 0.29) is 0 Å². The van der Waals surface area contributed by atoms with Crippen LogP contribution >= 0.6 is 11.6 Å². The van der Waals surface area contributed by atoms with Gasteiger partial charge in [0.05, 0.1) is 17.6 Å². The first-order valence-corrected chi connectivity index (χ1v) is 7.38. The molecule has 3 nitrogen and oxygen atoms in total. The maximum atomic E-state index is 5.95. The zero-order valence-corrected chi connectivity index (χ0v) is 12.1. The molecule has 100 valence electrons. The van der Waals surface area contributed by atoms with E-state index in [9.17, 15) is 0 Å². The Morgan fingerprint density at radius 2 is 1.94 bits per heavy atom. The summed E-state index contributed by atoms with van der Waals surface area (Å²) in [7, 11) is 0. The molecule has 0 saturated heterocycles. The van der Waals surface area contributed by atoms with Gasteiger partial charge in [-0.1, -0.05) is 19.3 Å². The topological polar surface area (TPSA) is 29.0 Å². The van der Waals surface area contributed by atoms with Crippen molar-refractivity contribution in [2.75, 3.05) is 17.3 Å². The third-order valence-corrected chi connectivity index (χ3v) is 3.98. The lowest BCUT2D eigenvalue weighted by atomic mass is 9.94. The minimum Gasteiger partial charge on any atom is -0.351 e. The molecule has 1 heterocycles. The van der Waals surface area contributed by atoms with Gasteiger partial charge in [0.25, 0.3) is 0 Å². The normalized spacial score (nSPS) is 16.8. The summed E-state index contributed by atoms with van der Waals surface area (Å²) in [6, 6.07) is 0.592. The number of rotatable bonds is 4. The molecule has 0 atom stereocenters. The number of halogens is 1. The molecular weight excluding hydrogens is 246 g/mol. The van der Waals surface area contributed by atoms with Gasteiger partial charge in [-0.3, -0.25) is 4.98 Å². The van der Waals surface area contributed by atoms with Gasteiger partial charge < -0.3 is 4.90 Å². The summed E-state index contributed by atoms with van der Waals surface area (Å²) in [6.45, 7) is 4.88. The van der Waals surface area contributed by atoms with Crippen LogP contribution in [0.15, 0.2) is 6.20 Å². The molecule has 0 aromatic carbocycles. The highest BCUT2D eigenvalue weighted by atomic mass is 35.5. The van der Waals surface area contributed by atoms with E-state index in [2.05, 4.69) is 14.9 Å². The summed E-state index contributed by atoms with van der Waals surface area (Å²) in [5.74, 6) is 1.64. The highest BCUT2D eigenvalue weighted by Gasteiger charge is 2.22. The van der Waals surface area contributed by atoms with E-state index in [4.69, 9.17) is 11.6 Å². The Kier molecular flexibility index (Phi) is 4.81. The number of aryl methyl sites for hydroxylation is 2. The molecule has 0 radical (unpaired) electrons. The fraction of sp³-hybridized carbons (Fsp3) is 0.714. The SMILES string of the molecule is Cc1ncc(N(CCCl)C2CCCCC2)nc1C. The van der Waals surface area contributed by atoms with Crippen LogP contribution in [0.25, 0.3) is 0 Å². The van der Waals surface area contributed by atoms with E-state index in [0.717, 1.165) is 23.8 Å². The summed E-state index contributed by atoms with van der Waals surface area (Å²) in [5.41, 5.74) is 2.02. The van der Waals surface area contributed by atoms with Crippen molar-refractivity contribution in [2.24, 2.45) is 0 Å². The van der Waals surface area contributed by atoms with Gasteiger partial charge in [0.2, 0.25) is 0 Å². The van der Waals surface area contributed by atoms with Crippen molar-refractivity contribution in [3.8, 4) is 0 Å². The molecule has 2 rings (SSSR count). The minimum absolute atomic E-state index is 0.592. The van der Waals surface area contributed by atoms with Crippen LogP contribution in [-0.2, 0) is 0 Å². The highest BCUT2D eigenvalue weighted by molar-refractivity contribution is 6.18. The van der Waals surface area contributed by atoms with E-state index in [1.54, 1.807) is 0 Å². The maximum Gasteiger partial charge on any atom is 0.147 e. The highest BCUT2D eigenvalue weighted by Crippen LogP contribution is 2.26. The first kappa shape index (κ1) is 13.6. The average molecular weight is 268 g/mol. The van der Waals surface area contributed by atoms with Gasteiger partial charge in [-0.2, -0.15) is 0 Å². The number of anilines is 1. The van der Waals surface area contributed by atoms with Crippen molar-refractivity contribution in [2.45, 2.75) is 52.0 Å². The smallest absolute Gasteiger partial charge is 0.147 e. The van der Waals surface area contributed by atoms with Gasteiger partial charge in [-0.15, -0.1) is 11.6 Å². The molecule has 0 bridgehead atoms. The predicted molar refractivity (Wildman–Crippen MR) is 76.4 cm³/mol. The molecule has 4 heteroatoms. The first-order chi connectivity index (χ1) is 8.72. The summed E-state index contributed by atoms with van der Waals surface area (Å²) in [4.78, 5) is 11.5. The van der Waals surface area contributed by atoms with Gasteiger partial charge in [-0.25, -0.2) is 4.98 Å². The molecule has 1 aromatic rings. The molecule has 1 aliphatic rings. The van der Waals surface area contributed by atoms with Crippen LogP contribution < -0.4 is 4.90 Å². The van der Waals surface area contributed by atoms with Gasteiger partial charge in [0.15, 0.2) is 0 Å². The minimum atomic E-state index is 0.592. The zero-order chi connectivity index (χ0) is 13.0. The van der Waals surface area contributed by atoms with E-state index in [0.29, 0.717) is 11.9 Å². The second-order valence-corrected chi connectivity index (χ2v) is 5.45. The summed E-state index contributed by atoms with van der Waals surface area (Å²) in [6.07, 6.45) is 8.41. The van der Waals surface area contributed by atoms with Crippen LogP contribution in [0.3, 0.4) is 0 Å². The Bertz CT molecular complexity index is 389. The maximum absolute atomic E-state index is 5.95. The van der Waals surface area contributed by atoms with Crippen LogP contribution in [0.2, 0.25) is 0 Å². The van der Waals surface area contributed by atoms with E-state index in [1.165, 1.54) is 32.1 Å². The first-order valence-electron chi connectivity index (χ1n) is 6.85. The standard InChI is InChI=1S/C14H22ClN3/c1-11-12(2)17-14(10-16-11)18(9-8-15)13-6-4-3-5-7-13/h10,13H,3-9H2,1-2H3. The lowest BCUT2D eigenvalue weighted by Crippen LogP contribution is -2.39. The molecule has 1 aliphatic carbocycles. The predicted octanol–water partition coefficient (Wildman–Crippen LogP) is 3.47. The number of alkyl halides is 1. The monoisotopic (exact) mass is 267 g/mol. The lowest BCUT2D eigenvalue weighted by molar-refractivity contribution is 0.416. The Morgan fingerprint density at radius 3 is 2.56 bits per heavy atom. The average Bonchev–Trinajstić information content (AvgIpc) is 2.40. The third kappa shape index (κ3) is 3.14. The van der Waals surface area contributed by atoms with Crippen molar-refractivity contribution < 1.29 is 0 Å². The van der Waals surface area contributed by atoms with Crippen molar-refractivity contribution >= 4 is 17.4 Å². The van der Waals surface area contributed by atoms with Crippen molar-refractivity contribution in [1.82, 2.24) is 9.97 Å². The molecule has 18 heavy (non-hydrogen) atoms. The second-order valence-electron chi connectivity index (χ2n) is 5.07. The Hall–Kier alpha value is -0.830. The van der Waals surface area contributed by atoms with Crippen LogP contribution in [0, 0.1) is 13.8 Å². The third-order valence-electron chi connectivity index (χ3n) is 3.81. The largest absolute Gasteiger partial charge is 0.351 e.